The van der Waals surface area contributed by atoms with Crippen LogP contribution in [-0.4, -0.2) is 42.6 Å². The van der Waals surface area contributed by atoms with E-state index in [0.717, 1.165) is 30.7 Å². The second kappa shape index (κ2) is 9.15. The Balaban J connectivity index is 1.63. The smallest absolute Gasteiger partial charge is 0.234 e. The van der Waals surface area contributed by atoms with Gasteiger partial charge >= 0.3 is 0 Å². The van der Waals surface area contributed by atoms with Crippen LogP contribution in [0.15, 0.2) is 18.2 Å². The zero-order valence-electron chi connectivity index (χ0n) is 13.1. The number of ether oxygens (including phenoxy) is 1. The number of carbonyl (C=O) groups excluding carboxylic acids is 2. The highest BCUT2D eigenvalue weighted by Crippen LogP contribution is 2.19. The number of nitrogens with one attached hydrogen (secondary N) is 2. The standard InChI is InChI=1S/C16H21ClN2O3S/c1-11-7-12(17)4-5-14(11)19-16(21)10-23-9-15(20)18-8-13-3-2-6-22-13/h4-5,7,13H,2-3,6,8-10H2,1H3,(H,18,20)(H,19,21). The molecule has 1 atom stereocenters. The Morgan fingerprint density at radius 2 is 2.13 bits per heavy atom. The molecule has 23 heavy (non-hydrogen) atoms. The molecule has 126 valence electrons. The van der Waals surface area contributed by atoms with Crippen molar-refractivity contribution in [2.24, 2.45) is 0 Å². The Labute approximate surface area is 145 Å². The third-order valence-electron chi connectivity index (χ3n) is 3.48. The Morgan fingerprint density at radius 1 is 1.35 bits per heavy atom. The maximum absolute atomic E-state index is 11.9. The van der Waals surface area contributed by atoms with Crippen LogP contribution in [0.5, 0.6) is 0 Å². The molecule has 5 nitrogen and oxygen atoms in total. The van der Waals surface area contributed by atoms with Gasteiger partial charge in [-0.25, -0.2) is 0 Å². The zero-order chi connectivity index (χ0) is 16.7. The lowest BCUT2D eigenvalue weighted by Crippen LogP contribution is -2.33. The normalized spacial score (nSPS) is 17.0. The minimum absolute atomic E-state index is 0.0685. The van der Waals surface area contributed by atoms with Crippen molar-refractivity contribution in [1.82, 2.24) is 5.32 Å². The number of rotatable bonds is 7. The predicted octanol–water partition coefficient (Wildman–Crippen LogP) is 2.62. The van der Waals surface area contributed by atoms with Gasteiger partial charge in [0.1, 0.15) is 0 Å². The van der Waals surface area contributed by atoms with E-state index < -0.39 is 0 Å². The summed E-state index contributed by atoms with van der Waals surface area (Å²) in [7, 11) is 0. The summed E-state index contributed by atoms with van der Waals surface area (Å²) < 4.78 is 5.44. The number of hydrogen-bond donors (Lipinski definition) is 2. The van der Waals surface area contributed by atoms with Gasteiger partial charge in [0, 0.05) is 23.9 Å². The maximum atomic E-state index is 11.9. The van der Waals surface area contributed by atoms with Gasteiger partial charge in [-0.1, -0.05) is 11.6 Å². The van der Waals surface area contributed by atoms with Crippen molar-refractivity contribution < 1.29 is 14.3 Å². The zero-order valence-corrected chi connectivity index (χ0v) is 14.6. The van der Waals surface area contributed by atoms with Gasteiger partial charge in [-0.2, -0.15) is 0 Å². The summed E-state index contributed by atoms with van der Waals surface area (Å²) in [6.07, 6.45) is 2.19. The van der Waals surface area contributed by atoms with Crippen molar-refractivity contribution in [3.05, 3.63) is 28.8 Å². The number of amides is 2. The molecule has 0 aliphatic carbocycles. The van der Waals surface area contributed by atoms with Crippen molar-refractivity contribution in [2.75, 3.05) is 30.0 Å². The second-order valence-corrected chi connectivity index (χ2v) is 6.86. The van der Waals surface area contributed by atoms with Crippen LogP contribution in [0, 0.1) is 6.92 Å². The van der Waals surface area contributed by atoms with Crippen LogP contribution >= 0.6 is 23.4 Å². The number of carbonyl (C=O) groups is 2. The number of halogens is 1. The van der Waals surface area contributed by atoms with E-state index >= 15 is 0 Å². The number of hydrogen-bond acceptors (Lipinski definition) is 4. The summed E-state index contributed by atoms with van der Waals surface area (Å²) in [6.45, 7) is 3.21. The molecule has 0 radical (unpaired) electrons. The third kappa shape index (κ3) is 6.41. The molecule has 1 aliphatic rings. The molecule has 2 rings (SSSR count). The molecule has 1 aliphatic heterocycles. The van der Waals surface area contributed by atoms with Crippen molar-refractivity contribution in [3.63, 3.8) is 0 Å². The average Bonchev–Trinajstić information content (AvgIpc) is 3.01. The molecule has 0 spiro atoms. The van der Waals surface area contributed by atoms with E-state index in [4.69, 9.17) is 16.3 Å². The Kier molecular flexibility index (Phi) is 7.20. The minimum atomic E-state index is -0.132. The van der Waals surface area contributed by atoms with Gasteiger partial charge in [-0.05, 0) is 43.5 Å². The lowest BCUT2D eigenvalue weighted by molar-refractivity contribution is -0.119. The Morgan fingerprint density at radius 3 is 2.83 bits per heavy atom. The molecule has 0 aromatic heterocycles. The highest BCUT2D eigenvalue weighted by atomic mass is 35.5. The molecule has 1 fully saturated rings. The van der Waals surface area contributed by atoms with Gasteiger partial charge in [0.05, 0.1) is 17.6 Å². The van der Waals surface area contributed by atoms with Crippen LogP contribution in [0.2, 0.25) is 5.02 Å². The van der Waals surface area contributed by atoms with Crippen LogP contribution in [0.1, 0.15) is 18.4 Å². The van der Waals surface area contributed by atoms with E-state index in [1.54, 1.807) is 18.2 Å². The second-order valence-electron chi connectivity index (χ2n) is 5.44. The van der Waals surface area contributed by atoms with Gasteiger partial charge in [-0.15, -0.1) is 11.8 Å². The SMILES string of the molecule is Cc1cc(Cl)ccc1NC(=O)CSCC(=O)NCC1CCCO1. The quantitative estimate of drug-likeness (QED) is 0.788. The van der Waals surface area contributed by atoms with E-state index in [9.17, 15) is 9.59 Å². The van der Waals surface area contributed by atoms with Crippen LogP contribution in [0.3, 0.4) is 0 Å². The molecule has 1 unspecified atom stereocenters. The van der Waals surface area contributed by atoms with Gasteiger partial charge in [-0.3, -0.25) is 9.59 Å². The molecule has 0 bridgehead atoms. The van der Waals surface area contributed by atoms with Crippen LogP contribution in [0.4, 0.5) is 5.69 Å². The van der Waals surface area contributed by atoms with Gasteiger partial charge in [0.2, 0.25) is 11.8 Å². The molecule has 1 aromatic rings. The van der Waals surface area contributed by atoms with Gasteiger partial charge < -0.3 is 15.4 Å². The summed E-state index contributed by atoms with van der Waals surface area (Å²) in [5, 5.41) is 6.29. The van der Waals surface area contributed by atoms with Gasteiger partial charge in [0.25, 0.3) is 0 Å². The minimum Gasteiger partial charge on any atom is -0.376 e. The molecule has 2 amide bonds. The number of anilines is 1. The fraction of sp³-hybridized carbons (Fsp3) is 0.500. The first-order chi connectivity index (χ1) is 11.0. The fourth-order valence-corrected chi connectivity index (χ4v) is 3.15. The summed E-state index contributed by atoms with van der Waals surface area (Å²) in [5.41, 5.74) is 1.65. The lowest BCUT2D eigenvalue weighted by atomic mass is 10.2. The highest BCUT2D eigenvalue weighted by Gasteiger charge is 2.16. The molecule has 1 aromatic carbocycles. The first-order valence-electron chi connectivity index (χ1n) is 7.56. The van der Waals surface area contributed by atoms with E-state index in [1.807, 2.05) is 6.92 Å². The molecule has 1 saturated heterocycles. The van der Waals surface area contributed by atoms with Gasteiger partial charge in [0.15, 0.2) is 0 Å². The topological polar surface area (TPSA) is 67.4 Å². The third-order valence-corrected chi connectivity index (χ3v) is 4.65. The van der Waals surface area contributed by atoms with Crippen LogP contribution < -0.4 is 10.6 Å². The molecular formula is C16H21ClN2O3S. The van der Waals surface area contributed by atoms with E-state index in [1.165, 1.54) is 11.8 Å². The largest absolute Gasteiger partial charge is 0.376 e. The molecule has 7 heteroatoms. The summed E-state index contributed by atoms with van der Waals surface area (Å²) in [6, 6.07) is 5.30. The van der Waals surface area contributed by atoms with Crippen molar-refractivity contribution in [1.29, 1.82) is 0 Å². The highest BCUT2D eigenvalue weighted by molar-refractivity contribution is 8.00. The van der Waals surface area contributed by atoms with Crippen LogP contribution in [-0.2, 0) is 14.3 Å². The predicted molar refractivity (Wildman–Crippen MR) is 94.1 cm³/mol. The number of aryl methyl sites for hydroxylation is 1. The maximum Gasteiger partial charge on any atom is 0.234 e. The Hall–Kier alpha value is -1.24. The molecular weight excluding hydrogens is 336 g/mol. The van der Waals surface area contributed by atoms with Crippen molar-refractivity contribution >= 4 is 40.9 Å². The Bertz CT molecular complexity index is 562. The lowest BCUT2D eigenvalue weighted by Gasteiger charge is -2.11. The molecule has 1 heterocycles. The number of benzene rings is 1. The summed E-state index contributed by atoms with van der Waals surface area (Å²) in [4.78, 5) is 23.6. The van der Waals surface area contributed by atoms with Crippen molar-refractivity contribution in [2.45, 2.75) is 25.9 Å². The average molecular weight is 357 g/mol. The monoisotopic (exact) mass is 356 g/mol. The summed E-state index contributed by atoms with van der Waals surface area (Å²) >= 11 is 7.17. The van der Waals surface area contributed by atoms with E-state index in [0.29, 0.717) is 11.6 Å². The summed E-state index contributed by atoms with van der Waals surface area (Å²) in [5.74, 6) is 0.295. The molecule has 2 N–H and O–H groups in total. The molecule has 0 saturated carbocycles. The van der Waals surface area contributed by atoms with E-state index in [-0.39, 0.29) is 29.4 Å². The number of thioether (sulfide) groups is 1. The van der Waals surface area contributed by atoms with Crippen LogP contribution in [0.25, 0.3) is 0 Å². The first-order valence-corrected chi connectivity index (χ1v) is 9.10. The fourth-order valence-electron chi connectivity index (χ4n) is 2.27. The first kappa shape index (κ1) is 18.1. The van der Waals surface area contributed by atoms with Crippen molar-refractivity contribution in [3.8, 4) is 0 Å². The van der Waals surface area contributed by atoms with E-state index in [2.05, 4.69) is 10.6 Å².